The van der Waals surface area contributed by atoms with E-state index in [0.717, 1.165) is 29.9 Å². The average Bonchev–Trinajstić information content (AvgIpc) is 2.60. The summed E-state index contributed by atoms with van der Waals surface area (Å²) in [6.07, 6.45) is 2.39. The van der Waals surface area contributed by atoms with E-state index < -0.39 is 11.9 Å². The Hall–Kier alpha value is -1.32. The molecule has 1 aliphatic rings. The molecule has 0 fully saturated rings. The first kappa shape index (κ1) is 10.2. The van der Waals surface area contributed by atoms with Crippen LogP contribution in [-0.4, -0.2) is 16.2 Å². The minimum atomic E-state index is -0.763. The van der Waals surface area contributed by atoms with Crippen molar-refractivity contribution in [2.75, 3.05) is 0 Å². The van der Waals surface area contributed by atoms with Crippen LogP contribution in [0, 0.1) is 0 Å². The standard InChI is InChI=1S/C11H15NO3/c1-6(2)10-9-7(11(13)14)4-3-5-8(9)15-12-10/h6-7H,3-5H2,1-2H3,(H,13,14). The summed E-state index contributed by atoms with van der Waals surface area (Å²) in [4.78, 5) is 11.1. The van der Waals surface area contributed by atoms with Gasteiger partial charge in [-0.05, 0) is 18.8 Å². The van der Waals surface area contributed by atoms with E-state index in [0.29, 0.717) is 6.42 Å². The molecule has 0 spiro atoms. The van der Waals surface area contributed by atoms with Gasteiger partial charge in [0.25, 0.3) is 0 Å². The van der Waals surface area contributed by atoms with Gasteiger partial charge in [0, 0.05) is 12.0 Å². The van der Waals surface area contributed by atoms with Gasteiger partial charge >= 0.3 is 5.97 Å². The summed E-state index contributed by atoms with van der Waals surface area (Å²) in [7, 11) is 0. The Bertz CT molecular complexity index is 381. The van der Waals surface area contributed by atoms with Crippen LogP contribution in [0.25, 0.3) is 0 Å². The summed E-state index contributed by atoms with van der Waals surface area (Å²) in [5.41, 5.74) is 1.65. The van der Waals surface area contributed by atoms with Gasteiger partial charge in [-0.3, -0.25) is 4.79 Å². The van der Waals surface area contributed by atoms with Crippen LogP contribution >= 0.6 is 0 Å². The van der Waals surface area contributed by atoms with Crippen molar-refractivity contribution in [1.29, 1.82) is 0 Å². The summed E-state index contributed by atoms with van der Waals surface area (Å²) >= 11 is 0. The van der Waals surface area contributed by atoms with Crippen molar-refractivity contribution in [2.45, 2.75) is 44.9 Å². The van der Waals surface area contributed by atoms with E-state index in [1.165, 1.54) is 0 Å². The van der Waals surface area contributed by atoms with E-state index in [1.54, 1.807) is 0 Å². The van der Waals surface area contributed by atoms with E-state index in [1.807, 2.05) is 13.8 Å². The van der Waals surface area contributed by atoms with Gasteiger partial charge in [0.05, 0.1) is 11.6 Å². The zero-order valence-electron chi connectivity index (χ0n) is 8.99. The molecule has 0 radical (unpaired) electrons. The Kier molecular flexibility index (Phi) is 2.50. The fraction of sp³-hybridized carbons (Fsp3) is 0.636. The minimum absolute atomic E-state index is 0.220. The normalized spacial score (nSPS) is 20.3. The van der Waals surface area contributed by atoms with Crippen LogP contribution < -0.4 is 0 Å². The van der Waals surface area contributed by atoms with Crippen LogP contribution in [0.4, 0.5) is 0 Å². The number of aliphatic carboxylic acids is 1. The zero-order chi connectivity index (χ0) is 11.0. The molecule has 15 heavy (non-hydrogen) atoms. The van der Waals surface area contributed by atoms with Crippen LogP contribution in [-0.2, 0) is 11.2 Å². The van der Waals surface area contributed by atoms with Crippen molar-refractivity contribution in [2.24, 2.45) is 0 Å². The van der Waals surface area contributed by atoms with Gasteiger partial charge in [-0.2, -0.15) is 0 Å². The van der Waals surface area contributed by atoms with Crippen molar-refractivity contribution in [3.63, 3.8) is 0 Å². The molecule has 1 aliphatic carbocycles. The number of nitrogens with zero attached hydrogens (tertiary/aromatic N) is 1. The van der Waals surface area contributed by atoms with Crippen molar-refractivity contribution >= 4 is 5.97 Å². The van der Waals surface area contributed by atoms with Gasteiger partial charge in [-0.1, -0.05) is 19.0 Å². The van der Waals surface area contributed by atoms with Crippen molar-refractivity contribution in [3.8, 4) is 0 Å². The highest BCUT2D eigenvalue weighted by Gasteiger charge is 2.33. The molecular formula is C11H15NO3. The van der Waals surface area contributed by atoms with Crippen molar-refractivity contribution in [3.05, 3.63) is 17.0 Å². The monoisotopic (exact) mass is 209 g/mol. The molecule has 0 amide bonds. The molecule has 1 unspecified atom stereocenters. The maximum absolute atomic E-state index is 11.1. The Morgan fingerprint density at radius 1 is 1.60 bits per heavy atom. The molecule has 0 saturated carbocycles. The zero-order valence-corrected chi connectivity index (χ0v) is 8.99. The quantitative estimate of drug-likeness (QED) is 0.811. The third-order valence-corrected chi connectivity index (χ3v) is 2.92. The number of aromatic nitrogens is 1. The number of carboxylic acids is 1. The second-order valence-corrected chi connectivity index (χ2v) is 4.34. The van der Waals surface area contributed by atoms with Crippen molar-refractivity contribution < 1.29 is 14.4 Å². The van der Waals surface area contributed by atoms with E-state index in [2.05, 4.69) is 5.16 Å². The maximum atomic E-state index is 11.1. The molecular weight excluding hydrogens is 194 g/mol. The molecule has 1 N–H and O–H groups in total. The molecule has 2 rings (SSSR count). The SMILES string of the molecule is CC(C)c1noc2c1C(C(=O)O)CCC2. The number of carboxylic acid groups (broad SMARTS) is 1. The number of hydrogen-bond acceptors (Lipinski definition) is 3. The predicted molar refractivity (Wildman–Crippen MR) is 53.9 cm³/mol. The Morgan fingerprint density at radius 2 is 2.33 bits per heavy atom. The third-order valence-electron chi connectivity index (χ3n) is 2.92. The highest BCUT2D eigenvalue weighted by molar-refractivity contribution is 5.77. The number of carbonyl (C=O) groups is 1. The molecule has 1 aromatic heterocycles. The largest absolute Gasteiger partial charge is 0.481 e. The Labute approximate surface area is 88.3 Å². The molecule has 4 nitrogen and oxygen atoms in total. The molecule has 82 valence electrons. The van der Waals surface area contributed by atoms with Crippen LogP contribution in [0.5, 0.6) is 0 Å². The topological polar surface area (TPSA) is 63.3 Å². The summed E-state index contributed by atoms with van der Waals surface area (Å²) in [6, 6.07) is 0. The Balaban J connectivity index is 2.47. The third kappa shape index (κ3) is 1.64. The first-order valence-corrected chi connectivity index (χ1v) is 5.32. The van der Waals surface area contributed by atoms with E-state index in [4.69, 9.17) is 9.63 Å². The first-order chi connectivity index (χ1) is 7.11. The van der Waals surface area contributed by atoms with Crippen LogP contribution in [0.3, 0.4) is 0 Å². The molecule has 1 atom stereocenters. The lowest BCUT2D eigenvalue weighted by Gasteiger charge is -2.18. The van der Waals surface area contributed by atoms with Gasteiger partial charge in [-0.15, -0.1) is 0 Å². The highest BCUT2D eigenvalue weighted by atomic mass is 16.5. The molecule has 1 aromatic rings. The van der Waals surface area contributed by atoms with Crippen LogP contribution in [0.2, 0.25) is 0 Å². The molecule has 0 saturated heterocycles. The van der Waals surface area contributed by atoms with Gasteiger partial charge < -0.3 is 9.63 Å². The molecule has 4 heteroatoms. The minimum Gasteiger partial charge on any atom is -0.481 e. The van der Waals surface area contributed by atoms with Gasteiger partial charge in [0.1, 0.15) is 5.76 Å². The molecule has 0 aromatic carbocycles. The van der Waals surface area contributed by atoms with Crippen LogP contribution in [0.15, 0.2) is 4.52 Å². The van der Waals surface area contributed by atoms with E-state index >= 15 is 0 Å². The molecule has 0 bridgehead atoms. The summed E-state index contributed by atoms with van der Waals surface area (Å²) in [5.74, 6) is -0.187. The predicted octanol–water partition coefficient (Wildman–Crippen LogP) is 2.30. The fourth-order valence-corrected chi connectivity index (χ4v) is 2.17. The fourth-order valence-electron chi connectivity index (χ4n) is 2.17. The first-order valence-electron chi connectivity index (χ1n) is 5.32. The summed E-state index contributed by atoms with van der Waals surface area (Å²) in [6.45, 7) is 4.01. The van der Waals surface area contributed by atoms with Gasteiger partial charge in [0.2, 0.25) is 0 Å². The average molecular weight is 209 g/mol. The molecule has 0 aliphatic heterocycles. The number of hydrogen-bond donors (Lipinski definition) is 1. The number of fused-ring (bicyclic) bond motifs is 1. The van der Waals surface area contributed by atoms with E-state index in [9.17, 15) is 4.79 Å². The second-order valence-electron chi connectivity index (χ2n) is 4.34. The smallest absolute Gasteiger partial charge is 0.311 e. The summed E-state index contributed by atoms with van der Waals surface area (Å²) in [5, 5.41) is 13.1. The molecule has 1 heterocycles. The van der Waals surface area contributed by atoms with E-state index in [-0.39, 0.29) is 5.92 Å². The van der Waals surface area contributed by atoms with Gasteiger partial charge in [0.15, 0.2) is 0 Å². The summed E-state index contributed by atoms with van der Waals surface area (Å²) < 4.78 is 5.22. The van der Waals surface area contributed by atoms with Crippen molar-refractivity contribution in [1.82, 2.24) is 5.16 Å². The second kappa shape index (κ2) is 3.68. The number of aryl methyl sites for hydroxylation is 1. The highest BCUT2D eigenvalue weighted by Crippen LogP contribution is 2.36. The lowest BCUT2D eigenvalue weighted by molar-refractivity contribution is -0.139. The Morgan fingerprint density at radius 3 is 2.93 bits per heavy atom. The lowest BCUT2D eigenvalue weighted by Crippen LogP contribution is -2.18. The maximum Gasteiger partial charge on any atom is 0.311 e. The van der Waals surface area contributed by atoms with Crippen LogP contribution in [0.1, 0.15) is 55.5 Å². The van der Waals surface area contributed by atoms with Gasteiger partial charge in [-0.25, -0.2) is 0 Å². The number of rotatable bonds is 2. The lowest BCUT2D eigenvalue weighted by atomic mass is 9.84.